The molecule has 0 atom stereocenters. The van der Waals surface area contributed by atoms with E-state index in [0.29, 0.717) is 22.9 Å². The summed E-state index contributed by atoms with van der Waals surface area (Å²) in [4.78, 5) is 17.3. The number of carbonyl (C=O) groups excluding carboxylic acids is 1. The number of carbonyl (C=O) groups is 1. The van der Waals surface area contributed by atoms with Crippen LogP contribution in [0.5, 0.6) is 0 Å². The molecule has 0 saturated carbocycles. The highest BCUT2D eigenvalue weighted by Crippen LogP contribution is 2.27. The largest absolute Gasteiger partial charge is 0.440 e. The number of anilines is 1. The van der Waals surface area contributed by atoms with Crippen LogP contribution in [0.3, 0.4) is 0 Å². The number of hydrogen-bond acceptors (Lipinski definition) is 6. The Bertz CT molecular complexity index is 1010. The Labute approximate surface area is 163 Å². The molecule has 0 aliphatic carbocycles. The molecule has 4 rings (SSSR count). The molecule has 0 bridgehead atoms. The van der Waals surface area contributed by atoms with Crippen LogP contribution in [-0.2, 0) is 5.41 Å². The third-order valence-corrected chi connectivity index (χ3v) is 5.08. The molecule has 1 aliphatic rings. The minimum atomic E-state index is -0.267. The van der Waals surface area contributed by atoms with E-state index in [1.807, 2.05) is 29.8 Å². The number of oxazole rings is 1. The monoisotopic (exact) mass is 382 g/mol. The van der Waals surface area contributed by atoms with Gasteiger partial charge < -0.3 is 15.1 Å². The molecule has 1 amide bonds. The van der Waals surface area contributed by atoms with E-state index in [2.05, 4.69) is 46.7 Å². The molecule has 1 fully saturated rings. The van der Waals surface area contributed by atoms with Crippen molar-refractivity contribution in [3.05, 3.63) is 35.5 Å². The van der Waals surface area contributed by atoms with Crippen molar-refractivity contribution in [3.63, 3.8) is 0 Å². The van der Waals surface area contributed by atoms with Crippen LogP contribution in [0.15, 0.2) is 22.6 Å². The first-order chi connectivity index (χ1) is 13.3. The topological polar surface area (TPSA) is 97.9 Å². The van der Waals surface area contributed by atoms with Gasteiger partial charge in [-0.15, -0.1) is 5.10 Å². The smallest absolute Gasteiger partial charge is 0.278 e. The van der Waals surface area contributed by atoms with E-state index in [1.54, 1.807) is 0 Å². The van der Waals surface area contributed by atoms with Gasteiger partial charge in [0.15, 0.2) is 11.3 Å². The van der Waals surface area contributed by atoms with E-state index >= 15 is 0 Å². The van der Waals surface area contributed by atoms with Crippen molar-refractivity contribution < 1.29 is 9.21 Å². The fourth-order valence-corrected chi connectivity index (χ4v) is 3.46. The van der Waals surface area contributed by atoms with Gasteiger partial charge in [0, 0.05) is 11.1 Å². The third kappa shape index (κ3) is 3.52. The van der Waals surface area contributed by atoms with Crippen LogP contribution in [-0.4, -0.2) is 39.0 Å². The molecule has 2 N–H and O–H groups in total. The second-order valence-electron chi connectivity index (χ2n) is 8.35. The van der Waals surface area contributed by atoms with Crippen molar-refractivity contribution in [2.45, 2.75) is 52.0 Å². The van der Waals surface area contributed by atoms with Gasteiger partial charge in [-0.05, 0) is 51.1 Å². The van der Waals surface area contributed by atoms with Gasteiger partial charge in [-0.1, -0.05) is 26.0 Å². The summed E-state index contributed by atoms with van der Waals surface area (Å²) >= 11 is 0. The highest BCUT2D eigenvalue weighted by molar-refractivity contribution is 6.04. The Morgan fingerprint density at radius 1 is 1.29 bits per heavy atom. The molecular weight excluding hydrogens is 356 g/mol. The standard InChI is InChI=1S/C20H26N6O2/c1-12-17(24-25-26(12)14-7-9-21-10-8-14)18(27)22-13-5-6-16-15(11-13)23-19(28-16)20(2,3)4/h5-6,11,14,21H,7-10H2,1-4H3,(H,22,27). The number of hydrogen-bond donors (Lipinski definition) is 2. The van der Waals surface area contributed by atoms with E-state index in [4.69, 9.17) is 4.42 Å². The lowest BCUT2D eigenvalue weighted by Gasteiger charge is -2.23. The first-order valence-electron chi connectivity index (χ1n) is 9.68. The zero-order valence-electron chi connectivity index (χ0n) is 16.7. The van der Waals surface area contributed by atoms with E-state index in [1.165, 1.54) is 0 Å². The van der Waals surface area contributed by atoms with Crippen LogP contribution in [0.2, 0.25) is 0 Å². The van der Waals surface area contributed by atoms with Gasteiger partial charge in [0.05, 0.1) is 11.7 Å². The van der Waals surface area contributed by atoms with Gasteiger partial charge in [-0.3, -0.25) is 4.79 Å². The third-order valence-electron chi connectivity index (χ3n) is 5.08. The fourth-order valence-electron chi connectivity index (χ4n) is 3.46. The highest BCUT2D eigenvalue weighted by atomic mass is 16.3. The van der Waals surface area contributed by atoms with Crippen LogP contribution in [0, 0.1) is 6.92 Å². The van der Waals surface area contributed by atoms with E-state index in [-0.39, 0.29) is 17.4 Å². The number of aromatic nitrogens is 4. The molecule has 148 valence electrons. The molecule has 2 aromatic heterocycles. The van der Waals surface area contributed by atoms with Gasteiger partial charge >= 0.3 is 0 Å². The van der Waals surface area contributed by atoms with Crippen LogP contribution < -0.4 is 10.6 Å². The Kier molecular flexibility index (Phi) is 4.66. The highest BCUT2D eigenvalue weighted by Gasteiger charge is 2.24. The predicted octanol–water partition coefficient (Wildman–Crippen LogP) is 3.20. The molecule has 3 aromatic rings. The number of nitrogens with one attached hydrogen (secondary N) is 2. The Balaban J connectivity index is 1.54. The van der Waals surface area contributed by atoms with Crippen molar-refractivity contribution in [2.24, 2.45) is 0 Å². The first-order valence-corrected chi connectivity index (χ1v) is 9.68. The number of piperidine rings is 1. The van der Waals surface area contributed by atoms with Gasteiger partial charge in [0.1, 0.15) is 5.52 Å². The minimum Gasteiger partial charge on any atom is -0.440 e. The van der Waals surface area contributed by atoms with Gasteiger partial charge in [0.2, 0.25) is 5.89 Å². The zero-order valence-corrected chi connectivity index (χ0v) is 16.7. The summed E-state index contributed by atoms with van der Waals surface area (Å²) in [5, 5.41) is 14.6. The second kappa shape index (κ2) is 7.01. The normalized spacial score (nSPS) is 15.9. The summed E-state index contributed by atoms with van der Waals surface area (Å²) in [6, 6.07) is 5.74. The minimum absolute atomic E-state index is 0.174. The Morgan fingerprint density at radius 3 is 2.75 bits per heavy atom. The van der Waals surface area contributed by atoms with Crippen molar-refractivity contribution >= 4 is 22.7 Å². The maximum Gasteiger partial charge on any atom is 0.278 e. The lowest BCUT2D eigenvalue weighted by Crippen LogP contribution is -2.30. The average molecular weight is 382 g/mol. The van der Waals surface area contributed by atoms with Crippen molar-refractivity contribution in [1.82, 2.24) is 25.3 Å². The number of amides is 1. The van der Waals surface area contributed by atoms with Gasteiger partial charge in [0.25, 0.3) is 5.91 Å². The van der Waals surface area contributed by atoms with Crippen LogP contribution in [0.4, 0.5) is 5.69 Å². The zero-order chi connectivity index (χ0) is 19.9. The fraction of sp³-hybridized carbons (Fsp3) is 0.500. The predicted molar refractivity (Wildman–Crippen MR) is 107 cm³/mol. The number of fused-ring (bicyclic) bond motifs is 1. The Hall–Kier alpha value is -2.74. The second-order valence-corrected chi connectivity index (χ2v) is 8.35. The molecule has 0 unspecified atom stereocenters. The number of rotatable bonds is 3. The van der Waals surface area contributed by atoms with E-state index in [9.17, 15) is 4.79 Å². The summed E-state index contributed by atoms with van der Waals surface area (Å²) in [5.74, 6) is 0.406. The average Bonchev–Trinajstić information content (AvgIpc) is 3.25. The quantitative estimate of drug-likeness (QED) is 0.722. The molecule has 1 saturated heterocycles. The molecule has 28 heavy (non-hydrogen) atoms. The number of nitrogens with zero attached hydrogens (tertiary/aromatic N) is 4. The molecule has 1 aromatic carbocycles. The summed E-state index contributed by atoms with van der Waals surface area (Å²) in [5.41, 5.74) is 3.05. The maximum atomic E-state index is 12.7. The molecule has 0 radical (unpaired) electrons. The molecule has 8 nitrogen and oxygen atoms in total. The number of benzene rings is 1. The van der Waals surface area contributed by atoms with Gasteiger partial charge in [-0.2, -0.15) is 0 Å². The maximum absolute atomic E-state index is 12.7. The summed E-state index contributed by atoms with van der Waals surface area (Å²) < 4.78 is 7.69. The van der Waals surface area contributed by atoms with E-state index < -0.39 is 0 Å². The molecular formula is C20H26N6O2. The molecule has 1 aliphatic heterocycles. The summed E-state index contributed by atoms with van der Waals surface area (Å²) in [6.45, 7) is 9.96. The van der Waals surface area contributed by atoms with Crippen molar-refractivity contribution in [1.29, 1.82) is 0 Å². The first kappa shape index (κ1) is 18.6. The lowest BCUT2D eigenvalue weighted by molar-refractivity contribution is 0.102. The summed E-state index contributed by atoms with van der Waals surface area (Å²) in [6.07, 6.45) is 1.98. The lowest BCUT2D eigenvalue weighted by atomic mass is 9.97. The van der Waals surface area contributed by atoms with Crippen molar-refractivity contribution in [3.8, 4) is 0 Å². The van der Waals surface area contributed by atoms with E-state index in [0.717, 1.165) is 37.1 Å². The van der Waals surface area contributed by atoms with Crippen LogP contribution in [0.25, 0.3) is 11.1 Å². The van der Waals surface area contributed by atoms with Gasteiger partial charge in [-0.25, -0.2) is 9.67 Å². The van der Waals surface area contributed by atoms with Crippen LogP contribution >= 0.6 is 0 Å². The van der Waals surface area contributed by atoms with Crippen LogP contribution in [0.1, 0.15) is 61.7 Å². The summed E-state index contributed by atoms with van der Waals surface area (Å²) in [7, 11) is 0. The van der Waals surface area contributed by atoms with Crippen molar-refractivity contribution in [2.75, 3.05) is 18.4 Å². The molecule has 3 heterocycles. The molecule has 8 heteroatoms. The Morgan fingerprint density at radius 2 is 2.04 bits per heavy atom. The molecule has 0 spiro atoms. The SMILES string of the molecule is Cc1c(C(=O)Nc2ccc3oc(C(C)(C)C)nc3c2)nnn1C1CCNCC1.